The number of carbonyl (C=O) groups is 1. The number of allylic oxidation sites excluding steroid dienone is 4. The lowest BCUT2D eigenvalue weighted by Gasteiger charge is -2.56. The number of hydrogen-bond donors (Lipinski definition) is 2. The number of fused-ring (bicyclic) bond motifs is 4. The van der Waals surface area contributed by atoms with Crippen molar-refractivity contribution in [3.63, 3.8) is 0 Å². The van der Waals surface area contributed by atoms with Crippen LogP contribution in [0.5, 0.6) is 0 Å². The topological polar surface area (TPSA) is 52.6 Å². The maximum absolute atomic E-state index is 15.2. The summed E-state index contributed by atoms with van der Waals surface area (Å²) >= 11 is 0. The minimum Gasteiger partial charge on any atom is -0.383 e. The number of halogens is 5. The van der Waals surface area contributed by atoms with E-state index in [9.17, 15) is 23.1 Å². The van der Waals surface area contributed by atoms with E-state index in [4.69, 9.17) is 0 Å². The molecule has 0 aromatic heterocycles. The summed E-state index contributed by atoms with van der Waals surface area (Å²) in [6.07, 6.45) is -1.39. The summed E-state index contributed by atoms with van der Waals surface area (Å²) in [5.41, 5.74) is 0.363. The number of nitrogens with zero attached hydrogens (tertiary/aromatic N) is 1. The van der Waals surface area contributed by atoms with Gasteiger partial charge in [0.1, 0.15) is 5.60 Å². The molecule has 41 heavy (non-hydrogen) atoms. The van der Waals surface area contributed by atoms with E-state index in [0.29, 0.717) is 25.7 Å². The Morgan fingerprint density at radius 2 is 1.78 bits per heavy atom. The van der Waals surface area contributed by atoms with E-state index in [1.807, 2.05) is 24.3 Å². The quantitative estimate of drug-likeness (QED) is 0.412. The summed E-state index contributed by atoms with van der Waals surface area (Å²) in [5, 5.41) is 14.8. The van der Waals surface area contributed by atoms with Crippen LogP contribution in [-0.2, 0) is 11.3 Å². The first kappa shape index (κ1) is 29.0. The van der Waals surface area contributed by atoms with Gasteiger partial charge in [0.25, 0.3) is 0 Å². The third-order valence-electron chi connectivity index (χ3n) is 11.0. The molecule has 9 heteroatoms. The minimum absolute atomic E-state index is 0.00748. The highest BCUT2D eigenvalue weighted by Gasteiger charge is 2.79. The number of alkyl halides is 5. The molecule has 0 radical (unpaired) electrons. The molecule has 3 fully saturated rings. The van der Waals surface area contributed by atoms with Gasteiger partial charge in [0, 0.05) is 37.4 Å². The molecule has 6 rings (SSSR count). The number of carbonyl (C=O) groups excluding carboxylic acids is 1. The Balaban J connectivity index is 1.41. The second kappa shape index (κ2) is 10.3. The van der Waals surface area contributed by atoms with Crippen molar-refractivity contribution in [1.29, 1.82) is 0 Å². The van der Waals surface area contributed by atoms with E-state index < -0.39 is 41.4 Å². The summed E-state index contributed by atoms with van der Waals surface area (Å²) < 4.78 is 71.6. The number of aliphatic hydroxyl groups is 1. The van der Waals surface area contributed by atoms with Crippen LogP contribution in [0.1, 0.15) is 75.3 Å². The molecular formula is C32H39F5N2O2. The van der Waals surface area contributed by atoms with E-state index >= 15 is 8.78 Å². The fraction of sp³-hybridized carbons (Fsp3) is 0.656. The van der Waals surface area contributed by atoms with Gasteiger partial charge in [-0.15, -0.1) is 0 Å². The first-order valence-corrected chi connectivity index (χ1v) is 15.0. The number of nitrogens with one attached hydrogen (secondary N) is 1. The minimum atomic E-state index is -5.84. The van der Waals surface area contributed by atoms with Crippen molar-refractivity contribution >= 4 is 5.78 Å². The molecule has 0 spiro atoms. The fourth-order valence-corrected chi connectivity index (χ4v) is 8.89. The standard InChI is InChI=1S/C32H39F5N2O2/c1-29-18-26(21-5-3-20(4-6-21)19-39-15-2-13-38-14-16-39)28-24-10-8-23(40)17-22(24)7-9-25(28)27(29)11-12-30(29,41)31(33,34)32(35,36)37/h3-6,17,25-27,38,41H,2,7-16,18-19H2,1H3/t25?,26?,27?,29?,30-/m0/s1. The number of rotatable bonds is 4. The monoisotopic (exact) mass is 578 g/mol. The largest absolute Gasteiger partial charge is 0.456 e. The smallest absolute Gasteiger partial charge is 0.383 e. The molecule has 224 valence electrons. The van der Waals surface area contributed by atoms with Gasteiger partial charge in [-0.2, -0.15) is 22.0 Å². The molecular weight excluding hydrogens is 539 g/mol. The van der Waals surface area contributed by atoms with Crippen molar-refractivity contribution in [2.75, 3.05) is 26.2 Å². The molecule has 1 aliphatic heterocycles. The maximum atomic E-state index is 15.2. The predicted octanol–water partition coefficient (Wildman–Crippen LogP) is 6.31. The van der Waals surface area contributed by atoms with Gasteiger partial charge in [0.2, 0.25) is 0 Å². The molecule has 1 saturated heterocycles. The molecule has 2 saturated carbocycles. The lowest BCUT2D eigenvalue weighted by Crippen LogP contribution is -2.65. The zero-order valence-corrected chi connectivity index (χ0v) is 23.5. The van der Waals surface area contributed by atoms with Crippen molar-refractivity contribution in [1.82, 2.24) is 10.2 Å². The summed E-state index contributed by atoms with van der Waals surface area (Å²) in [6, 6.07) is 8.06. The number of hydrogen-bond acceptors (Lipinski definition) is 4. The van der Waals surface area contributed by atoms with Crippen molar-refractivity contribution in [2.24, 2.45) is 17.3 Å². The summed E-state index contributed by atoms with van der Waals surface area (Å²) in [6.45, 7) is 6.13. The highest BCUT2D eigenvalue weighted by atomic mass is 19.4. The van der Waals surface area contributed by atoms with Crippen LogP contribution in [0.4, 0.5) is 22.0 Å². The molecule has 4 unspecified atom stereocenters. The van der Waals surface area contributed by atoms with Gasteiger partial charge in [0.15, 0.2) is 5.78 Å². The van der Waals surface area contributed by atoms with Crippen LogP contribution in [0.3, 0.4) is 0 Å². The first-order valence-electron chi connectivity index (χ1n) is 15.0. The zero-order valence-electron chi connectivity index (χ0n) is 23.5. The van der Waals surface area contributed by atoms with Crippen molar-refractivity contribution in [3.05, 3.63) is 58.2 Å². The Morgan fingerprint density at radius 1 is 1.02 bits per heavy atom. The number of ketones is 1. The molecule has 2 N–H and O–H groups in total. The average Bonchev–Trinajstić information content (AvgIpc) is 3.06. The lowest BCUT2D eigenvalue weighted by molar-refractivity contribution is -0.362. The molecule has 1 aromatic carbocycles. The Morgan fingerprint density at radius 3 is 2.51 bits per heavy atom. The second-order valence-corrected chi connectivity index (χ2v) is 13.1. The molecule has 0 bridgehead atoms. The summed E-state index contributed by atoms with van der Waals surface area (Å²) in [7, 11) is 0. The van der Waals surface area contributed by atoms with E-state index in [2.05, 4.69) is 10.2 Å². The Labute approximate surface area is 238 Å². The zero-order chi connectivity index (χ0) is 29.2. The van der Waals surface area contributed by atoms with Crippen molar-refractivity contribution in [2.45, 2.75) is 88.5 Å². The van der Waals surface area contributed by atoms with E-state index in [0.717, 1.165) is 67.0 Å². The van der Waals surface area contributed by atoms with Crippen LogP contribution < -0.4 is 5.32 Å². The van der Waals surface area contributed by atoms with Crippen molar-refractivity contribution < 1.29 is 31.9 Å². The van der Waals surface area contributed by atoms with E-state index in [1.54, 1.807) is 6.08 Å². The van der Waals surface area contributed by atoms with Gasteiger partial charge in [-0.1, -0.05) is 36.8 Å². The van der Waals surface area contributed by atoms with E-state index in [-0.39, 0.29) is 24.5 Å². The normalized spacial score (nSPS) is 35.0. The van der Waals surface area contributed by atoms with Gasteiger partial charge in [-0.3, -0.25) is 9.69 Å². The third-order valence-corrected chi connectivity index (χ3v) is 11.0. The van der Waals surface area contributed by atoms with Gasteiger partial charge in [0.05, 0.1) is 0 Å². The van der Waals surface area contributed by atoms with Crippen LogP contribution in [-0.4, -0.2) is 59.7 Å². The Hall–Kier alpha value is -2.10. The van der Waals surface area contributed by atoms with Gasteiger partial charge < -0.3 is 10.4 Å². The van der Waals surface area contributed by atoms with Gasteiger partial charge in [-0.25, -0.2) is 0 Å². The van der Waals surface area contributed by atoms with Crippen LogP contribution in [0.25, 0.3) is 0 Å². The predicted molar refractivity (Wildman–Crippen MR) is 145 cm³/mol. The molecule has 0 amide bonds. The Bertz CT molecular complexity index is 1250. The molecule has 1 aromatic rings. The molecule has 5 atom stereocenters. The third kappa shape index (κ3) is 4.61. The molecule has 1 heterocycles. The lowest BCUT2D eigenvalue weighted by atomic mass is 9.50. The summed E-state index contributed by atoms with van der Waals surface area (Å²) in [4.78, 5) is 14.6. The van der Waals surface area contributed by atoms with Gasteiger partial charge in [-0.05, 0) is 98.2 Å². The average molecular weight is 579 g/mol. The van der Waals surface area contributed by atoms with Crippen molar-refractivity contribution in [3.8, 4) is 0 Å². The van der Waals surface area contributed by atoms with Crippen LogP contribution in [0, 0.1) is 17.3 Å². The number of benzene rings is 1. The first-order chi connectivity index (χ1) is 19.4. The molecule has 4 nitrogen and oxygen atoms in total. The SMILES string of the molecule is CC12CC(c3ccc(CN4CCCNCC4)cc3)C3=C4CCC(=O)C=C4CCC3C1CC[C@@]2(O)C(F)(F)C(F)(F)F. The van der Waals surface area contributed by atoms with E-state index in [1.165, 1.54) is 6.92 Å². The van der Waals surface area contributed by atoms with Crippen LogP contribution in [0.2, 0.25) is 0 Å². The van der Waals surface area contributed by atoms with Crippen LogP contribution >= 0.6 is 0 Å². The maximum Gasteiger partial charge on any atom is 0.456 e. The fourth-order valence-electron chi connectivity index (χ4n) is 8.89. The highest BCUT2D eigenvalue weighted by molar-refractivity contribution is 5.93. The molecule has 5 aliphatic rings. The molecule has 4 aliphatic carbocycles. The van der Waals surface area contributed by atoms with Crippen LogP contribution in [0.15, 0.2) is 47.1 Å². The highest BCUT2D eigenvalue weighted by Crippen LogP contribution is 2.70. The summed E-state index contributed by atoms with van der Waals surface area (Å²) in [5.74, 6) is -6.25. The van der Waals surface area contributed by atoms with Gasteiger partial charge >= 0.3 is 12.1 Å². The Kier molecular flexibility index (Phi) is 7.26. The second-order valence-electron chi connectivity index (χ2n) is 13.1.